The average Bonchev–Trinajstić information content (AvgIpc) is 3.10. The van der Waals surface area contributed by atoms with Crippen LogP contribution in [-0.4, -0.2) is 28.8 Å². The highest BCUT2D eigenvalue weighted by atomic mass is 35.5. The SMILES string of the molecule is Cc1ccc(N=C2S/C(=C\c3ccc(OCC(=O)O)c(Cl)c3)C(=O)N2c2ccc(C)cc2)cc1. The minimum atomic E-state index is -1.09. The van der Waals surface area contributed by atoms with E-state index in [0.29, 0.717) is 15.6 Å². The van der Waals surface area contributed by atoms with Gasteiger partial charge in [0.15, 0.2) is 11.8 Å². The van der Waals surface area contributed by atoms with E-state index < -0.39 is 12.6 Å². The van der Waals surface area contributed by atoms with E-state index >= 15 is 0 Å². The molecule has 3 aromatic carbocycles. The molecule has 1 fully saturated rings. The largest absolute Gasteiger partial charge is 0.480 e. The molecule has 1 aliphatic heterocycles. The standard InChI is InChI=1S/C26H21ClN2O4S/c1-16-3-8-19(9-4-16)28-26-29(20-10-5-17(2)6-11-20)25(32)23(34-26)14-18-7-12-22(21(27)13-18)33-15-24(30)31/h3-14H,15H2,1-2H3,(H,30,31)/b23-14-,28-26?. The van der Waals surface area contributed by atoms with Gasteiger partial charge < -0.3 is 9.84 Å². The van der Waals surface area contributed by atoms with E-state index in [1.54, 1.807) is 29.2 Å². The Balaban J connectivity index is 1.68. The van der Waals surface area contributed by atoms with Crippen molar-refractivity contribution in [2.45, 2.75) is 13.8 Å². The van der Waals surface area contributed by atoms with Gasteiger partial charge in [-0.15, -0.1) is 0 Å². The quantitative estimate of drug-likeness (QED) is 0.413. The molecule has 0 atom stereocenters. The van der Waals surface area contributed by atoms with Crippen LogP contribution in [0.3, 0.4) is 0 Å². The predicted molar refractivity (Wildman–Crippen MR) is 137 cm³/mol. The number of aryl methyl sites for hydroxylation is 2. The van der Waals surface area contributed by atoms with E-state index in [4.69, 9.17) is 26.4 Å². The summed E-state index contributed by atoms with van der Waals surface area (Å²) in [7, 11) is 0. The molecule has 0 saturated carbocycles. The molecule has 8 heteroatoms. The highest BCUT2D eigenvalue weighted by Gasteiger charge is 2.34. The molecular weight excluding hydrogens is 472 g/mol. The second-order valence-electron chi connectivity index (χ2n) is 7.69. The van der Waals surface area contributed by atoms with Gasteiger partial charge in [0.05, 0.1) is 21.3 Å². The topological polar surface area (TPSA) is 79.2 Å². The Morgan fingerprint density at radius 3 is 2.32 bits per heavy atom. The molecule has 34 heavy (non-hydrogen) atoms. The summed E-state index contributed by atoms with van der Waals surface area (Å²) in [6.07, 6.45) is 1.73. The van der Waals surface area contributed by atoms with Gasteiger partial charge in [0.25, 0.3) is 5.91 Å². The first kappa shape index (κ1) is 23.6. The lowest BCUT2D eigenvalue weighted by Crippen LogP contribution is -2.28. The zero-order chi connectivity index (χ0) is 24.2. The highest BCUT2D eigenvalue weighted by Crippen LogP contribution is 2.38. The fourth-order valence-corrected chi connectivity index (χ4v) is 4.46. The number of halogens is 1. The Kier molecular flexibility index (Phi) is 7.05. The maximum atomic E-state index is 13.4. The molecule has 1 saturated heterocycles. The maximum absolute atomic E-state index is 13.4. The molecule has 1 amide bonds. The molecule has 0 unspecified atom stereocenters. The summed E-state index contributed by atoms with van der Waals surface area (Å²) >= 11 is 7.53. The second-order valence-corrected chi connectivity index (χ2v) is 9.11. The van der Waals surface area contributed by atoms with E-state index in [2.05, 4.69) is 0 Å². The van der Waals surface area contributed by atoms with Gasteiger partial charge in [-0.3, -0.25) is 9.69 Å². The summed E-state index contributed by atoms with van der Waals surface area (Å²) in [5.41, 5.74) is 4.39. The number of carbonyl (C=O) groups is 2. The van der Waals surface area contributed by atoms with E-state index in [9.17, 15) is 9.59 Å². The molecule has 1 heterocycles. The van der Waals surface area contributed by atoms with Crippen molar-refractivity contribution in [2.24, 2.45) is 4.99 Å². The molecule has 0 aliphatic carbocycles. The van der Waals surface area contributed by atoms with E-state index in [0.717, 1.165) is 22.5 Å². The van der Waals surface area contributed by atoms with Crippen LogP contribution in [0, 0.1) is 13.8 Å². The molecule has 3 aromatic rings. The van der Waals surface area contributed by atoms with Crippen molar-refractivity contribution < 1.29 is 19.4 Å². The molecule has 1 aliphatic rings. The third kappa shape index (κ3) is 5.50. The smallest absolute Gasteiger partial charge is 0.341 e. The fraction of sp³-hybridized carbons (Fsp3) is 0.115. The third-order valence-corrected chi connectivity index (χ3v) is 6.23. The minimum Gasteiger partial charge on any atom is -0.480 e. The van der Waals surface area contributed by atoms with Gasteiger partial charge in [-0.1, -0.05) is 53.1 Å². The molecule has 0 bridgehead atoms. The van der Waals surface area contributed by atoms with Crippen LogP contribution < -0.4 is 9.64 Å². The zero-order valence-electron chi connectivity index (χ0n) is 18.5. The van der Waals surface area contributed by atoms with Crippen molar-refractivity contribution >= 4 is 57.9 Å². The number of amidine groups is 1. The van der Waals surface area contributed by atoms with Gasteiger partial charge in [-0.2, -0.15) is 0 Å². The number of benzene rings is 3. The maximum Gasteiger partial charge on any atom is 0.341 e. The number of aliphatic carboxylic acids is 1. The van der Waals surface area contributed by atoms with Gasteiger partial charge in [0.1, 0.15) is 5.75 Å². The summed E-state index contributed by atoms with van der Waals surface area (Å²) in [5, 5.41) is 9.60. The number of carboxylic acid groups (broad SMARTS) is 1. The van der Waals surface area contributed by atoms with E-state index in [-0.39, 0.29) is 16.7 Å². The van der Waals surface area contributed by atoms with E-state index in [1.165, 1.54) is 11.8 Å². The molecule has 1 N–H and O–H groups in total. The Bertz CT molecular complexity index is 1300. The lowest BCUT2D eigenvalue weighted by Gasteiger charge is -2.16. The van der Waals surface area contributed by atoms with Crippen LogP contribution >= 0.6 is 23.4 Å². The number of aliphatic imine (C=N–C) groups is 1. The van der Waals surface area contributed by atoms with Crippen molar-refractivity contribution in [3.05, 3.63) is 93.3 Å². The number of nitrogens with zero attached hydrogens (tertiary/aromatic N) is 2. The zero-order valence-corrected chi connectivity index (χ0v) is 20.1. The number of anilines is 1. The molecule has 0 aromatic heterocycles. The summed E-state index contributed by atoms with van der Waals surface area (Å²) in [6, 6.07) is 20.4. The van der Waals surface area contributed by atoms with Crippen LogP contribution in [0.1, 0.15) is 16.7 Å². The fourth-order valence-electron chi connectivity index (χ4n) is 3.21. The first-order valence-electron chi connectivity index (χ1n) is 10.4. The van der Waals surface area contributed by atoms with Crippen molar-refractivity contribution in [1.29, 1.82) is 0 Å². The van der Waals surface area contributed by atoms with Crippen LogP contribution in [-0.2, 0) is 9.59 Å². The van der Waals surface area contributed by atoms with Crippen molar-refractivity contribution in [3.8, 4) is 5.75 Å². The Morgan fingerprint density at radius 1 is 1.06 bits per heavy atom. The number of hydrogen-bond acceptors (Lipinski definition) is 5. The molecule has 0 spiro atoms. The van der Waals surface area contributed by atoms with Crippen LogP contribution in [0.5, 0.6) is 5.75 Å². The lowest BCUT2D eigenvalue weighted by molar-refractivity contribution is -0.139. The molecule has 4 rings (SSSR count). The lowest BCUT2D eigenvalue weighted by atomic mass is 10.2. The second kappa shape index (κ2) is 10.2. The van der Waals surface area contributed by atoms with Crippen molar-refractivity contribution in [1.82, 2.24) is 0 Å². The molecule has 172 valence electrons. The van der Waals surface area contributed by atoms with Crippen LogP contribution in [0.25, 0.3) is 6.08 Å². The number of hydrogen-bond donors (Lipinski definition) is 1. The van der Waals surface area contributed by atoms with Gasteiger partial charge in [0, 0.05) is 0 Å². The molecular formula is C26H21ClN2O4S. The third-order valence-electron chi connectivity index (χ3n) is 4.96. The average molecular weight is 493 g/mol. The number of rotatable bonds is 6. The highest BCUT2D eigenvalue weighted by molar-refractivity contribution is 8.19. The van der Waals surface area contributed by atoms with Crippen LogP contribution in [0.2, 0.25) is 5.02 Å². The number of ether oxygens (including phenoxy) is 1. The normalized spacial score (nSPS) is 15.9. The van der Waals surface area contributed by atoms with Crippen molar-refractivity contribution in [3.63, 3.8) is 0 Å². The van der Waals surface area contributed by atoms with Gasteiger partial charge in [-0.25, -0.2) is 9.79 Å². The summed E-state index contributed by atoms with van der Waals surface area (Å²) in [6.45, 7) is 3.51. The van der Waals surface area contributed by atoms with Gasteiger partial charge in [-0.05, 0) is 73.6 Å². The first-order chi connectivity index (χ1) is 16.3. The van der Waals surface area contributed by atoms with Gasteiger partial charge in [0.2, 0.25) is 0 Å². The van der Waals surface area contributed by atoms with Crippen LogP contribution in [0.4, 0.5) is 11.4 Å². The first-order valence-corrected chi connectivity index (χ1v) is 11.6. The van der Waals surface area contributed by atoms with Crippen LogP contribution in [0.15, 0.2) is 76.6 Å². The number of thioether (sulfide) groups is 1. The monoisotopic (exact) mass is 492 g/mol. The summed E-state index contributed by atoms with van der Waals surface area (Å²) in [4.78, 5) is 31.0. The minimum absolute atomic E-state index is 0.193. The predicted octanol–water partition coefficient (Wildman–Crippen LogP) is 6.23. The number of carboxylic acids is 1. The Labute approximate surface area is 206 Å². The Morgan fingerprint density at radius 2 is 1.71 bits per heavy atom. The number of amides is 1. The summed E-state index contributed by atoms with van der Waals surface area (Å²) < 4.78 is 5.17. The Hall–Kier alpha value is -3.55. The van der Waals surface area contributed by atoms with E-state index in [1.807, 2.05) is 62.4 Å². The molecule has 0 radical (unpaired) electrons. The summed E-state index contributed by atoms with van der Waals surface area (Å²) in [5.74, 6) is -1.02. The van der Waals surface area contributed by atoms with Crippen molar-refractivity contribution in [2.75, 3.05) is 11.5 Å². The number of carbonyl (C=O) groups excluding carboxylic acids is 1. The van der Waals surface area contributed by atoms with Gasteiger partial charge >= 0.3 is 5.97 Å². The molecule has 6 nitrogen and oxygen atoms in total.